The number of nitro groups is 1. The van der Waals surface area contributed by atoms with E-state index in [0.29, 0.717) is 4.47 Å². The number of nitro benzene ring substituents is 1. The van der Waals surface area contributed by atoms with Crippen molar-refractivity contribution < 1.29 is 14.5 Å². The maximum Gasteiger partial charge on any atom is 0.273 e. The number of amides is 1. The standard InChI is InChI=1S/C13H17BrN2O4/c1-8(12(17)15-13(2,3)4)20-11-7-9(16(18)19)5-6-10(11)14/h5-8H,1-4H3,(H,15,17). The first kappa shape index (κ1) is 16.4. The highest BCUT2D eigenvalue weighted by Gasteiger charge is 2.22. The predicted molar refractivity (Wildman–Crippen MR) is 78.8 cm³/mol. The van der Waals surface area contributed by atoms with Gasteiger partial charge in [-0.05, 0) is 49.7 Å². The molecule has 0 aliphatic heterocycles. The summed E-state index contributed by atoms with van der Waals surface area (Å²) in [6, 6.07) is 4.16. The van der Waals surface area contributed by atoms with E-state index < -0.39 is 11.0 Å². The molecule has 1 rings (SSSR count). The molecule has 1 aromatic carbocycles. The molecule has 1 amide bonds. The van der Waals surface area contributed by atoms with Crippen molar-refractivity contribution in [3.63, 3.8) is 0 Å². The summed E-state index contributed by atoms with van der Waals surface area (Å²) in [5.41, 5.74) is -0.458. The van der Waals surface area contributed by atoms with Crippen molar-refractivity contribution in [3.05, 3.63) is 32.8 Å². The van der Waals surface area contributed by atoms with Crippen molar-refractivity contribution in [2.24, 2.45) is 0 Å². The highest BCUT2D eigenvalue weighted by atomic mass is 79.9. The Labute approximate surface area is 125 Å². The summed E-state index contributed by atoms with van der Waals surface area (Å²) < 4.78 is 6.03. The van der Waals surface area contributed by atoms with Gasteiger partial charge < -0.3 is 10.1 Å². The Hall–Kier alpha value is -1.63. The van der Waals surface area contributed by atoms with E-state index in [9.17, 15) is 14.9 Å². The highest BCUT2D eigenvalue weighted by Crippen LogP contribution is 2.30. The number of rotatable bonds is 4. The predicted octanol–water partition coefficient (Wildman–Crippen LogP) is 3.04. The smallest absolute Gasteiger partial charge is 0.273 e. The van der Waals surface area contributed by atoms with E-state index >= 15 is 0 Å². The largest absolute Gasteiger partial charge is 0.479 e. The molecule has 1 N–H and O–H groups in total. The molecular formula is C13H17BrN2O4. The molecule has 0 bridgehead atoms. The Morgan fingerprint density at radius 3 is 2.55 bits per heavy atom. The lowest BCUT2D eigenvalue weighted by Crippen LogP contribution is -2.46. The van der Waals surface area contributed by atoms with Gasteiger partial charge in [-0.3, -0.25) is 14.9 Å². The van der Waals surface area contributed by atoms with Gasteiger partial charge in [-0.25, -0.2) is 0 Å². The van der Waals surface area contributed by atoms with Crippen molar-refractivity contribution in [3.8, 4) is 5.75 Å². The van der Waals surface area contributed by atoms with Crippen LogP contribution in [-0.4, -0.2) is 22.5 Å². The monoisotopic (exact) mass is 344 g/mol. The molecule has 0 aliphatic carbocycles. The van der Waals surface area contributed by atoms with Crippen LogP contribution >= 0.6 is 15.9 Å². The number of nitrogens with zero attached hydrogens (tertiary/aromatic N) is 1. The minimum atomic E-state index is -0.757. The van der Waals surface area contributed by atoms with Crippen LogP contribution in [0.2, 0.25) is 0 Å². The summed E-state index contributed by atoms with van der Waals surface area (Å²) in [6.45, 7) is 7.18. The van der Waals surface area contributed by atoms with E-state index in [-0.39, 0.29) is 22.9 Å². The van der Waals surface area contributed by atoms with Crippen LogP contribution in [0.25, 0.3) is 0 Å². The molecule has 0 fully saturated rings. The van der Waals surface area contributed by atoms with Crippen LogP contribution < -0.4 is 10.1 Å². The summed E-state index contributed by atoms with van der Waals surface area (Å²) in [5.74, 6) is -0.0216. The Kier molecular flexibility index (Phi) is 5.10. The molecule has 6 nitrogen and oxygen atoms in total. The molecule has 0 aromatic heterocycles. The maximum atomic E-state index is 11.9. The Morgan fingerprint density at radius 1 is 1.45 bits per heavy atom. The second-order valence-corrected chi connectivity index (χ2v) is 6.23. The first-order valence-electron chi connectivity index (χ1n) is 6.03. The zero-order valence-electron chi connectivity index (χ0n) is 11.8. The second kappa shape index (κ2) is 6.21. The highest BCUT2D eigenvalue weighted by molar-refractivity contribution is 9.10. The Morgan fingerprint density at radius 2 is 2.05 bits per heavy atom. The normalized spacial score (nSPS) is 12.7. The molecular weight excluding hydrogens is 328 g/mol. The number of hydrogen-bond donors (Lipinski definition) is 1. The van der Waals surface area contributed by atoms with E-state index in [0.717, 1.165) is 0 Å². The maximum absolute atomic E-state index is 11.9. The number of nitrogens with one attached hydrogen (secondary N) is 1. The van der Waals surface area contributed by atoms with Crippen molar-refractivity contribution >= 4 is 27.5 Å². The van der Waals surface area contributed by atoms with Crippen LogP contribution in [0.4, 0.5) is 5.69 Å². The fourth-order valence-corrected chi connectivity index (χ4v) is 1.75. The molecule has 0 spiro atoms. The van der Waals surface area contributed by atoms with Gasteiger partial charge in [0.2, 0.25) is 0 Å². The van der Waals surface area contributed by atoms with Crippen molar-refractivity contribution in [2.45, 2.75) is 39.3 Å². The number of hydrogen-bond acceptors (Lipinski definition) is 4. The summed E-state index contributed by atoms with van der Waals surface area (Å²) in [5, 5.41) is 13.5. The van der Waals surface area contributed by atoms with Crippen LogP contribution in [0, 0.1) is 10.1 Å². The van der Waals surface area contributed by atoms with Crippen LogP contribution in [0.3, 0.4) is 0 Å². The van der Waals surface area contributed by atoms with Crippen molar-refractivity contribution in [1.29, 1.82) is 0 Å². The molecule has 0 heterocycles. The Balaban J connectivity index is 2.85. The van der Waals surface area contributed by atoms with E-state index in [4.69, 9.17) is 4.74 Å². The Bertz CT molecular complexity index is 526. The number of carbonyl (C=O) groups excluding carboxylic acids is 1. The lowest BCUT2D eigenvalue weighted by Gasteiger charge is -2.23. The van der Waals surface area contributed by atoms with Crippen LogP contribution in [0.15, 0.2) is 22.7 Å². The minimum Gasteiger partial charge on any atom is -0.479 e. The topological polar surface area (TPSA) is 81.5 Å². The first-order valence-corrected chi connectivity index (χ1v) is 6.82. The third-order valence-electron chi connectivity index (χ3n) is 2.30. The van der Waals surface area contributed by atoms with Crippen molar-refractivity contribution in [2.75, 3.05) is 0 Å². The summed E-state index contributed by atoms with van der Waals surface area (Å²) in [6.07, 6.45) is -0.757. The van der Waals surface area contributed by atoms with Gasteiger partial charge in [0.05, 0.1) is 15.5 Å². The van der Waals surface area contributed by atoms with Gasteiger partial charge in [0.15, 0.2) is 6.10 Å². The third-order valence-corrected chi connectivity index (χ3v) is 2.95. The van der Waals surface area contributed by atoms with Gasteiger partial charge in [-0.15, -0.1) is 0 Å². The van der Waals surface area contributed by atoms with Crippen LogP contribution in [-0.2, 0) is 4.79 Å². The summed E-state index contributed by atoms with van der Waals surface area (Å²) >= 11 is 3.24. The molecule has 1 aromatic rings. The average molecular weight is 345 g/mol. The average Bonchev–Trinajstić information content (AvgIpc) is 2.29. The molecule has 110 valence electrons. The number of ether oxygens (including phenoxy) is 1. The molecule has 0 saturated heterocycles. The molecule has 0 radical (unpaired) electrons. The molecule has 7 heteroatoms. The molecule has 0 aliphatic rings. The summed E-state index contributed by atoms with van der Waals surface area (Å²) in [4.78, 5) is 22.1. The fraction of sp³-hybridized carbons (Fsp3) is 0.462. The lowest BCUT2D eigenvalue weighted by atomic mass is 10.1. The number of benzene rings is 1. The zero-order valence-corrected chi connectivity index (χ0v) is 13.4. The van der Waals surface area contributed by atoms with Gasteiger partial charge in [-0.1, -0.05) is 0 Å². The third kappa shape index (κ3) is 4.80. The molecule has 1 unspecified atom stereocenters. The van der Waals surface area contributed by atoms with Gasteiger partial charge in [0, 0.05) is 11.6 Å². The van der Waals surface area contributed by atoms with E-state index in [1.807, 2.05) is 20.8 Å². The van der Waals surface area contributed by atoms with Gasteiger partial charge >= 0.3 is 0 Å². The van der Waals surface area contributed by atoms with Gasteiger partial charge in [0.1, 0.15) is 5.75 Å². The fourth-order valence-electron chi connectivity index (χ4n) is 1.41. The minimum absolute atomic E-state index is 0.0911. The van der Waals surface area contributed by atoms with Crippen molar-refractivity contribution in [1.82, 2.24) is 5.32 Å². The molecule has 20 heavy (non-hydrogen) atoms. The molecule has 1 atom stereocenters. The number of non-ortho nitro benzene ring substituents is 1. The van der Waals surface area contributed by atoms with Gasteiger partial charge in [0.25, 0.3) is 11.6 Å². The van der Waals surface area contributed by atoms with E-state index in [2.05, 4.69) is 21.2 Å². The number of halogens is 1. The van der Waals surface area contributed by atoms with Crippen LogP contribution in [0.1, 0.15) is 27.7 Å². The quantitative estimate of drug-likeness (QED) is 0.672. The zero-order chi connectivity index (χ0) is 15.5. The van der Waals surface area contributed by atoms with Gasteiger partial charge in [-0.2, -0.15) is 0 Å². The van der Waals surface area contributed by atoms with E-state index in [1.54, 1.807) is 6.92 Å². The SMILES string of the molecule is CC(Oc1cc([N+](=O)[O-])ccc1Br)C(=O)NC(C)(C)C. The second-order valence-electron chi connectivity index (χ2n) is 5.37. The molecule has 0 saturated carbocycles. The van der Waals surface area contributed by atoms with E-state index in [1.165, 1.54) is 18.2 Å². The number of carbonyl (C=O) groups is 1. The van der Waals surface area contributed by atoms with Crippen LogP contribution in [0.5, 0.6) is 5.75 Å². The lowest BCUT2D eigenvalue weighted by molar-refractivity contribution is -0.385. The first-order chi connectivity index (χ1) is 9.10. The summed E-state index contributed by atoms with van der Waals surface area (Å²) in [7, 11) is 0.